The van der Waals surface area contributed by atoms with E-state index in [1.54, 1.807) is 7.11 Å². The number of hydrogen-bond acceptors (Lipinski definition) is 3. The second-order valence-corrected chi connectivity index (χ2v) is 4.88. The predicted molar refractivity (Wildman–Crippen MR) is 73.9 cm³/mol. The molecule has 0 bridgehead atoms. The molecular weight excluding hydrogens is 234 g/mol. The fourth-order valence-corrected chi connectivity index (χ4v) is 1.46. The molecule has 17 heavy (non-hydrogen) atoms. The van der Waals surface area contributed by atoms with Gasteiger partial charge >= 0.3 is 0 Å². The molecule has 0 spiro atoms. The average Bonchev–Trinajstić information content (AvgIpc) is 2.28. The van der Waals surface area contributed by atoms with E-state index in [4.69, 9.17) is 27.4 Å². The molecule has 0 aliphatic rings. The monoisotopic (exact) mass is 253 g/mol. The van der Waals surface area contributed by atoms with Gasteiger partial charge in [-0.25, -0.2) is 0 Å². The van der Waals surface area contributed by atoms with Crippen molar-refractivity contribution in [2.45, 2.75) is 32.8 Å². The first-order chi connectivity index (χ1) is 7.89. The Labute approximate surface area is 108 Å². The van der Waals surface area contributed by atoms with Gasteiger partial charge in [-0.2, -0.15) is 0 Å². The Morgan fingerprint density at radius 2 is 2.06 bits per heavy atom. The fourth-order valence-electron chi connectivity index (χ4n) is 1.29. The Morgan fingerprint density at radius 1 is 1.41 bits per heavy atom. The Hall–Kier alpha value is -1.29. The van der Waals surface area contributed by atoms with Crippen molar-refractivity contribution in [1.82, 2.24) is 0 Å². The van der Waals surface area contributed by atoms with Gasteiger partial charge in [0.25, 0.3) is 0 Å². The third-order valence-electron chi connectivity index (χ3n) is 2.69. The summed E-state index contributed by atoms with van der Waals surface area (Å²) >= 11 is 5.01. The number of hydrogen-bond donors (Lipinski definition) is 1. The lowest BCUT2D eigenvalue weighted by Gasteiger charge is -2.26. The van der Waals surface area contributed by atoms with Crippen LogP contribution in [0.2, 0.25) is 0 Å². The topological polar surface area (TPSA) is 44.5 Å². The SMILES string of the molecule is CCC(C)(C)Oc1cc(OC)ccc1C(N)=S. The lowest BCUT2D eigenvalue weighted by atomic mass is 10.1. The Kier molecular flexibility index (Phi) is 4.34. The van der Waals surface area contributed by atoms with Crippen LogP contribution in [0, 0.1) is 0 Å². The van der Waals surface area contributed by atoms with Gasteiger partial charge in [0.05, 0.1) is 12.7 Å². The van der Waals surface area contributed by atoms with Crippen LogP contribution in [0.15, 0.2) is 18.2 Å². The van der Waals surface area contributed by atoms with Crippen LogP contribution in [0.25, 0.3) is 0 Å². The van der Waals surface area contributed by atoms with E-state index in [1.165, 1.54) is 0 Å². The van der Waals surface area contributed by atoms with Crippen LogP contribution in [0.3, 0.4) is 0 Å². The molecule has 0 aromatic heterocycles. The van der Waals surface area contributed by atoms with Crippen molar-refractivity contribution < 1.29 is 9.47 Å². The van der Waals surface area contributed by atoms with E-state index in [9.17, 15) is 0 Å². The van der Waals surface area contributed by atoms with Gasteiger partial charge in [-0.15, -0.1) is 0 Å². The van der Waals surface area contributed by atoms with Gasteiger partial charge in [0, 0.05) is 6.07 Å². The quantitative estimate of drug-likeness (QED) is 0.819. The first kappa shape index (κ1) is 13.8. The minimum absolute atomic E-state index is 0.258. The highest BCUT2D eigenvalue weighted by Crippen LogP contribution is 2.29. The van der Waals surface area contributed by atoms with Crippen LogP contribution in [-0.4, -0.2) is 17.7 Å². The van der Waals surface area contributed by atoms with Crippen molar-refractivity contribution in [2.24, 2.45) is 5.73 Å². The Balaban J connectivity index is 3.13. The highest BCUT2D eigenvalue weighted by molar-refractivity contribution is 7.80. The van der Waals surface area contributed by atoms with Crippen molar-refractivity contribution >= 4 is 17.2 Å². The summed E-state index contributed by atoms with van der Waals surface area (Å²) < 4.78 is 11.1. The van der Waals surface area contributed by atoms with E-state index in [2.05, 4.69) is 6.92 Å². The van der Waals surface area contributed by atoms with E-state index in [-0.39, 0.29) is 5.60 Å². The Morgan fingerprint density at radius 3 is 2.53 bits per heavy atom. The number of methoxy groups -OCH3 is 1. The molecule has 0 aliphatic carbocycles. The number of ether oxygens (including phenoxy) is 2. The van der Waals surface area contributed by atoms with Crippen LogP contribution in [0.4, 0.5) is 0 Å². The highest BCUT2D eigenvalue weighted by atomic mass is 32.1. The molecule has 0 heterocycles. The first-order valence-electron chi connectivity index (χ1n) is 5.56. The second-order valence-electron chi connectivity index (χ2n) is 4.44. The van der Waals surface area contributed by atoms with Crippen molar-refractivity contribution in [3.05, 3.63) is 23.8 Å². The molecule has 0 amide bonds. The molecule has 1 rings (SSSR count). The molecule has 0 radical (unpaired) electrons. The normalized spacial score (nSPS) is 11.1. The summed E-state index contributed by atoms with van der Waals surface area (Å²) in [6, 6.07) is 5.45. The third kappa shape index (κ3) is 3.60. The lowest BCUT2D eigenvalue weighted by molar-refractivity contribution is 0.105. The van der Waals surface area contributed by atoms with Gasteiger partial charge in [0.15, 0.2) is 0 Å². The van der Waals surface area contributed by atoms with Gasteiger partial charge in [0.1, 0.15) is 22.1 Å². The molecule has 0 saturated heterocycles. The summed E-state index contributed by atoms with van der Waals surface area (Å²) in [6.07, 6.45) is 0.890. The van der Waals surface area contributed by atoms with E-state index in [1.807, 2.05) is 32.0 Å². The summed E-state index contributed by atoms with van der Waals surface area (Å²) in [5.74, 6) is 1.40. The molecule has 0 aliphatic heterocycles. The summed E-state index contributed by atoms with van der Waals surface area (Å²) in [7, 11) is 1.62. The highest BCUT2D eigenvalue weighted by Gasteiger charge is 2.19. The maximum atomic E-state index is 5.94. The molecule has 4 heteroatoms. The van der Waals surface area contributed by atoms with Crippen molar-refractivity contribution in [3.63, 3.8) is 0 Å². The van der Waals surface area contributed by atoms with Crippen molar-refractivity contribution in [2.75, 3.05) is 7.11 Å². The van der Waals surface area contributed by atoms with Gasteiger partial charge in [0.2, 0.25) is 0 Å². The maximum Gasteiger partial charge on any atom is 0.133 e. The summed E-state index contributed by atoms with van der Waals surface area (Å²) in [4.78, 5) is 0.328. The number of benzene rings is 1. The smallest absolute Gasteiger partial charge is 0.133 e. The standard InChI is InChI=1S/C13H19NO2S/c1-5-13(2,3)16-11-8-9(15-4)6-7-10(11)12(14)17/h6-8H,5H2,1-4H3,(H2,14,17). The Bertz CT molecular complexity index is 416. The minimum atomic E-state index is -0.258. The molecule has 2 N–H and O–H groups in total. The molecule has 0 unspecified atom stereocenters. The molecule has 3 nitrogen and oxygen atoms in total. The molecule has 0 fully saturated rings. The van der Waals surface area contributed by atoms with Crippen molar-refractivity contribution in [3.8, 4) is 11.5 Å². The summed E-state index contributed by atoms with van der Waals surface area (Å²) in [5.41, 5.74) is 6.16. The molecular formula is C13H19NO2S. The molecule has 0 saturated carbocycles. The van der Waals surface area contributed by atoms with Crippen LogP contribution >= 0.6 is 12.2 Å². The van der Waals surface area contributed by atoms with Crippen LogP contribution in [-0.2, 0) is 0 Å². The van der Waals surface area contributed by atoms with E-state index in [0.29, 0.717) is 10.7 Å². The molecule has 94 valence electrons. The molecule has 1 aromatic rings. The van der Waals surface area contributed by atoms with Crippen LogP contribution in [0.1, 0.15) is 32.8 Å². The van der Waals surface area contributed by atoms with Gasteiger partial charge in [-0.05, 0) is 32.4 Å². The third-order valence-corrected chi connectivity index (χ3v) is 2.91. The predicted octanol–water partition coefficient (Wildman–Crippen LogP) is 2.90. The lowest BCUT2D eigenvalue weighted by Crippen LogP contribution is -2.28. The first-order valence-corrected chi connectivity index (χ1v) is 5.97. The maximum absolute atomic E-state index is 5.94. The van der Waals surface area contributed by atoms with E-state index >= 15 is 0 Å². The summed E-state index contributed by atoms with van der Waals surface area (Å²) in [6.45, 7) is 6.12. The zero-order valence-corrected chi connectivity index (χ0v) is 11.6. The van der Waals surface area contributed by atoms with Crippen LogP contribution in [0.5, 0.6) is 11.5 Å². The summed E-state index contributed by atoms with van der Waals surface area (Å²) in [5, 5.41) is 0. The van der Waals surface area contributed by atoms with Gasteiger partial charge in [-0.1, -0.05) is 19.1 Å². The number of thiocarbonyl (C=S) groups is 1. The fraction of sp³-hybridized carbons (Fsp3) is 0.462. The van der Waals surface area contributed by atoms with Gasteiger partial charge < -0.3 is 15.2 Å². The molecule has 0 atom stereocenters. The minimum Gasteiger partial charge on any atom is -0.497 e. The average molecular weight is 253 g/mol. The zero-order valence-electron chi connectivity index (χ0n) is 10.7. The van der Waals surface area contributed by atoms with Gasteiger partial charge in [-0.3, -0.25) is 0 Å². The van der Waals surface area contributed by atoms with Crippen LogP contribution < -0.4 is 15.2 Å². The zero-order chi connectivity index (χ0) is 13.1. The number of rotatable bonds is 5. The van der Waals surface area contributed by atoms with E-state index in [0.717, 1.165) is 17.7 Å². The number of nitrogens with two attached hydrogens (primary N) is 1. The molecule has 1 aromatic carbocycles. The largest absolute Gasteiger partial charge is 0.497 e. The second kappa shape index (κ2) is 5.36. The van der Waals surface area contributed by atoms with Crippen molar-refractivity contribution in [1.29, 1.82) is 0 Å². The van der Waals surface area contributed by atoms with E-state index < -0.39 is 0 Å².